The van der Waals surface area contributed by atoms with E-state index in [4.69, 9.17) is 5.73 Å². The zero-order valence-electron chi connectivity index (χ0n) is 7.76. The van der Waals surface area contributed by atoms with Gasteiger partial charge in [-0.3, -0.25) is 4.79 Å². The van der Waals surface area contributed by atoms with Gasteiger partial charge in [-0.15, -0.1) is 0 Å². The van der Waals surface area contributed by atoms with Gasteiger partial charge in [0.05, 0.1) is 5.54 Å². The predicted octanol–water partition coefficient (Wildman–Crippen LogP) is -0.325. The minimum absolute atomic E-state index is 0.0856. The van der Waals surface area contributed by atoms with Gasteiger partial charge in [0.1, 0.15) is 6.29 Å². The molecule has 0 heterocycles. The molecular weight excluding hydrogens is 156 g/mol. The molecule has 0 bridgehead atoms. The van der Waals surface area contributed by atoms with E-state index in [9.17, 15) is 9.59 Å². The van der Waals surface area contributed by atoms with Gasteiger partial charge in [0.15, 0.2) is 0 Å². The van der Waals surface area contributed by atoms with Crippen molar-refractivity contribution in [3.8, 4) is 0 Å². The third-order valence-electron chi connectivity index (χ3n) is 2.47. The van der Waals surface area contributed by atoms with Crippen LogP contribution < -0.4 is 11.1 Å². The fraction of sp³-hybridized carbons (Fsp3) is 0.750. The molecule has 0 saturated carbocycles. The van der Waals surface area contributed by atoms with Crippen LogP contribution in [0.25, 0.3) is 0 Å². The minimum Gasteiger partial charge on any atom is -0.368 e. The molecule has 0 aromatic heterocycles. The maximum absolute atomic E-state index is 11.0. The topological polar surface area (TPSA) is 72.2 Å². The molecule has 0 aliphatic rings. The lowest BCUT2D eigenvalue weighted by atomic mass is 9.84. The highest BCUT2D eigenvalue weighted by Crippen LogP contribution is 2.18. The molecule has 12 heavy (non-hydrogen) atoms. The van der Waals surface area contributed by atoms with Gasteiger partial charge in [0.25, 0.3) is 0 Å². The summed E-state index contributed by atoms with van der Waals surface area (Å²) in [6.07, 6.45) is 1.13. The first-order chi connectivity index (χ1) is 5.49. The van der Waals surface area contributed by atoms with Crippen LogP contribution in [0.1, 0.15) is 20.3 Å². The average Bonchev–Trinajstić information content (AvgIpc) is 2.03. The lowest BCUT2D eigenvalue weighted by molar-refractivity contribution is -0.125. The summed E-state index contributed by atoms with van der Waals surface area (Å²) in [5, 5.41) is 2.83. The van der Waals surface area contributed by atoms with Crippen LogP contribution in [0.4, 0.5) is 0 Å². The molecule has 4 heteroatoms. The Kier molecular flexibility index (Phi) is 3.89. The number of nitrogens with one attached hydrogen (secondary N) is 1. The second kappa shape index (κ2) is 4.21. The highest BCUT2D eigenvalue weighted by Gasteiger charge is 2.34. The van der Waals surface area contributed by atoms with Crippen LogP contribution in [-0.2, 0) is 9.59 Å². The van der Waals surface area contributed by atoms with E-state index >= 15 is 0 Å². The molecule has 0 radical (unpaired) electrons. The van der Waals surface area contributed by atoms with E-state index in [1.54, 1.807) is 14.0 Å². The van der Waals surface area contributed by atoms with E-state index in [1.807, 2.05) is 6.92 Å². The Labute approximate surface area is 72.5 Å². The Balaban J connectivity index is 4.50. The van der Waals surface area contributed by atoms with E-state index in [0.717, 1.165) is 6.29 Å². The molecule has 1 amide bonds. The van der Waals surface area contributed by atoms with Crippen molar-refractivity contribution >= 4 is 12.2 Å². The minimum atomic E-state index is -0.791. The number of carbonyl (C=O) groups excluding carboxylic acids is 2. The summed E-state index contributed by atoms with van der Waals surface area (Å²) in [5.74, 6) is -0.517. The standard InChI is InChI=1S/C8H16N2O2/c1-6(4-5-11)8(2,10-3)7(9)12/h5-6,10H,4H2,1-3H3,(H2,9,12). The van der Waals surface area contributed by atoms with Gasteiger partial charge < -0.3 is 15.8 Å². The number of primary amides is 1. The number of likely N-dealkylation sites (N-methyl/N-ethyl adjacent to an activating group) is 1. The zero-order valence-corrected chi connectivity index (χ0v) is 7.76. The normalized spacial score (nSPS) is 17.9. The molecule has 0 aromatic carbocycles. The lowest BCUT2D eigenvalue weighted by Gasteiger charge is -2.31. The van der Waals surface area contributed by atoms with Crippen molar-refractivity contribution in [2.75, 3.05) is 7.05 Å². The molecule has 2 unspecified atom stereocenters. The van der Waals surface area contributed by atoms with Crippen molar-refractivity contribution < 1.29 is 9.59 Å². The summed E-state index contributed by atoms with van der Waals surface area (Å²) < 4.78 is 0. The highest BCUT2D eigenvalue weighted by atomic mass is 16.1. The van der Waals surface area contributed by atoms with E-state index in [-0.39, 0.29) is 5.92 Å². The summed E-state index contributed by atoms with van der Waals surface area (Å²) >= 11 is 0. The number of rotatable bonds is 5. The van der Waals surface area contributed by atoms with E-state index < -0.39 is 11.4 Å². The summed E-state index contributed by atoms with van der Waals surface area (Å²) in [6.45, 7) is 3.51. The first kappa shape index (κ1) is 11.1. The Morgan fingerprint density at radius 2 is 2.25 bits per heavy atom. The summed E-state index contributed by atoms with van der Waals surface area (Å²) in [6, 6.07) is 0. The third kappa shape index (κ3) is 2.04. The Morgan fingerprint density at radius 3 is 2.50 bits per heavy atom. The van der Waals surface area contributed by atoms with Gasteiger partial charge in [-0.05, 0) is 19.9 Å². The number of aldehydes is 1. The number of nitrogens with two attached hydrogens (primary N) is 1. The van der Waals surface area contributed by atoms with Gasteiger partial charge in [0, 0.05) is 6.42 Å². The molecule has 0 spiro atoms. The van der Waals surface area contributed by atoms with Crippen LogP contribution in [0.3, 0.4) is 0 Å². The average molecular weight is 172 g/mol. The van der Waals surface area contributed by atoms with E-state index in [0.29, 0.717) is 6.42 Å². The molecule has 0 aliphatic carbocycles. The predicted molar refractivity (Wildman–Crippen MR) is 46.5 cm³/mol. The van der Waals surface area contributed by atoms with Crippen molar-refractivity contribution in [3.63, 3.8) is 0 Å². The monoisotopic (exact) mass is 172 g/mol. The van der Waals surface area contributed by atoms with Crippen LogP contribution >= 0.6 is 0 Å². The van der Waals surface area contributed by atoms with Gasteiger partial charge in [0.2, 0.25) is 5.91 Å². The van der Waals surface area contributed by atoms with Gasteiger partial charge >= 0.3 is 0 Å². The van der Waals surface area contributed by atoms with Crippen molar-refractivity contribution in [2.24, 2.45) is 11.7 Å². The lowest BCUT2D eigenvalue weighted by Crippen LogP contribution is -2.56. The second-order valence-corrected chi connectivity index (χ2v) is 3.12. The van der Waals surface area contributed by atoms with Gasteiger partial charge in [-0.25, -0.2) is 0 Å². The van der Waals surface area contributed by atoms with Gasteiger partial charge in [-0.2, -0.15) is 0 Å². The molecular formula is C8H16N2O2. The maximum Gasteiger partial charge on any atom is 0.237 e. The van der Waals surface area contributed by atoms with Crippen molar-refractivity contribution in [1.29, 1.82) is 0 Å². The van der Waals surface area contributed by atoms with Crippen molar-refractivity contribution in [2.45, 2.75) is 25.8 Å². The van der Waals surface area contributed by atoms with Crippen LogP contribution in [0.5, 0.6) is 0 Å². The number of carbonyl (C=O) groups is 2. The van der Waals surface area contributed by atoms with E-state index in [2.05, 4.69) is 5.32 Å². The smallest absolute Gasteiger partial charge is 0.237 e. The van der Waals surface area contributed by atoms with Crippen LogP contribution in [-0.4, -0.2) is 24.8 Å². The highest BCUT2D eigenvalue weighted by molar-refractivity contribution is 5.84. The maximum atomic E-state index is 11.0. The molecule has 0 rings (SSSR count). The molecule has 0 aromatic rings. The fourth-order valence-electron chi connectivity index (χ4n) is 0.992. The van der Waals surface area contributed by atoms with Gasteiger partial charge in [-0.1, -0.05) is 6.92 Å². The Bertz CT molecular complexity index is 182. The summed E-state index contributed by atoms with van der Waals surface area (Å²) in [5.41, 5.74) is 4.40. The number of amides is 1. The largest absolute Gasteiger partial charge is 0.368 e. The zero-order chi connectivity index (χ0) is 9.78. The Morgan fingerprint density at radius 1 is 1.75 bits per heavy atom. The molecule has 2 atom stereocenters. The molecule has 70 valence electrons. The van der Waals surface area contributed by atoms with Crippen molar-refractivity contribution in [1.82, 2.24) is 5.32 Å². The fourth-order valence-corrected chi connectivity index (χ4v) is 0.992. The molecule has 3 N–H and O–H groups in total. The summed E-state index contributed by atoms with van der Waals surface area (Å²) in [7, 11) is 1.66. The molecule has 0 aliphatic heterocycles. The summed E-state index contributed by atoms with van der Waals surface area (Å²) in [4.78, 5) is 21.2. The second-order valence-electron chi connectivity index (χ2n) is 3.12. The Hall–Kier alpha value is -0.900. The number of hydrogen-bond acceptors (Lipinski definition) is 3. The third-order valence-corrected chi connectivity index (χ3v) is 2.47. The molecule has 4 nitrogen and oxygen atoms in total. The molecule has 0 saturated heterocycles. The van der Waals surface area contributed by atoms with Crippen LogP contribution in [0.2, 0.25) is 0 Å². The first-order valence-corrected chi connectivity index (χ1v) is 3.91. The van der Waals surface area contributed by atoms with Crippen LogP contribution in [0, 0.1) is 5.92 Å². The SMILES string of the molecule is CNC(C)(C(N)=O)C(C)CC=O. The quantitative estimate of drug-likeness (QED) is 0.558. The van der Waals surface area contributed by atoms with Crippen LogP contribution in [0.15, 0.2) is 0 Å². The number of hydrogen-bond donors (Lipinski definition) is 2. The molecule has 0 fully saturated rings. The van der Waals surface area contributed by atoms with Crippen molar-refractivity contribution in [3.05, 3.63) is 0 Å². The van der Waals surface area contributed by atoms with E-state index in [1.165, 1.54) is 0 Å². The first-order valence-electron chi connectivity index (χ1n) is 3.91.